The Balaban J connectivity index is 0.000000439. The summed E-state index contributed by atoms with van der Waals surface area (Å²) in [5.74, 6) is 8.22. The molecular formula is C26H35NO5. The van der Waals surface area contributed by atoms with E-state index < -0.39 is 29.0 Å². The molecule has 1 amide bonds. The standard InChI is InChI=1S/C20H27NO4.C6H8O/c1-19(2,3)25-18(23)21-13-9-17(22)16-7-4-6-15(14-16)8-12-20(24)10-5-11-20;1-2-6(7)4-3-5-6/h4,6-7,14,17,22,24H,5,9-11,13H2,1-3H3,(H,21,23);1,7H,3-5H2. The van der Waals surface area contributed by atoms with Crippen LogP contribution in [0.2, 0.25) is 0 Å². The Kier molecular flexibility index (Phi) is 8.75. The lowest BCUT2D eigenvalue weighted by Crippen LogP contribution is -2.34. The number of ether oxygens (including phenoxy) is 1. The van der Waals surface area contributed by atoms with Gasteiger partial charge < -0.3 is 25.4 Å². The predicted molar refractivity (Wildman–Crippen MR) is 124 cm³/mol. The van der Waals surface area contributed by atoms with Crippen LogP contribution >= 0.6 is 0 Å². The van der Waals surface area contributed by atoms with Crippen molar-refractivity contribution in [1.29, 1.82) is 0 Å². The zero-order valence-electron chi connectivity index (χ0n) is 19.3. The zero-order chi connectivity index (χ0) is 23.8. The first kappa shape index (κ1) is 25.7. The maximum Gasteiger partial charge on any atom is 0.407 e. The number of hydrogen-bond donors (Lipinski definition) is 4. The maximum absolute atomic E-state index is 11.6. The van der Waals surface area contributed by atoms with Crippen LogP contribution in [-0.4, -0.2) is 44.8 Å². The molecule has 1 aromatic carbocycles. The van der Waals surface area contributed by atoms with Gasteiger partial charge in [-0.1, -0.05) is 29.9 Å². The molecule has 3 rings (SSSR count). The molecule has 174 valence electrons. The van der Waals surface area contributed by atoms with Gasteiger partial charge in [0.25, 0.3) is 0 Å². The molecule has 6 heteroatoms. The molecular weight excluding hydrogens is 406 g/mol. The predicted octanol–water partition coefficient (Wildman–Crippen LogP) is 3.44. The lowest BCUT2D eigenvalue weighted by atomic mass is 9.81. The average Bonchev–Trinajstić information content (AvgIpc) is 2.68. The monoisotopic (exact) mass is 441 g/mol. The molecule has 4 N–H and O–H groups in total. The largest absolute Gasteiger partial charge is 0.444 e. The normalized spacial score (nSPS) is 18.7. The van der Waals surface area contributed by atoms with Gasteiger partial charge in [-0.2, -0.15) is 0 Å². The molecule has 0 radical (unpaired) electrons. The SMILES string of the molecule is C#CC1(O)CCC1.CC(C)(C)OC(=O)NCCC(O)c1cccc(C#CC2(O)CCC2)c1. The van der Waals surface area contributed by atoms with Gasteiger partial charge >= 0.3 is 6.09 Å². The number of carbonyl (C=O) groups excluding carboxylic acids is 1. The molecule has 0 spiro atoms. The third-order valence-electron chi connectivity index (χ3n) is 5.43. The molecule has 0 aliphatic heterocycles. The molecule has 0 aromatic heterocycles. The number of nitrogens with one attached hydrogen (secondary N) is 1. The van der Waals surface area contributed by atoms with Crippen LogP contribution in [0.25, 0.3) is 0 Å². The van der Waals surface area contributed by atoms with E-state index in [1.165, 1.54) is 0 Å². The molecule has 2 fully saturated rings. The molecule has 6 nitrogen and oxygen atoms in total. The van der Waals surface area contributed by atoms with E-state index in [0.29, 0.717) is 13.0 Å². The van der Waals surface area contributed by atoms with Crippen molar-refractivity contribution in [3.63, 3.8) is 0 Å². The van der Waals surface area contributed by atoms with Crippen molar-refractivity contribution in [1.82, 2.24) is 5.32 Å². The highest BCUT2D eigenvalue weighted by molar-refractivity contribution is 5.67. The Hall–Kier alpha value is -2.51. The first-order chi connectivity index (χ1) is 14.9. The van der Waals surface area contributed by atoms with E-state index in [4.69, 9.17) is 16.3 Å². The van der Waals surface area contributed by atoms with Gasteiger partial charge in [-0.15, -0.1) is 6.42 Å². The van der Waals surface area contributed by atoms with Crippen LogP contribution in [0.15, 0.2) is 24.3 Å². The van der Waals surface area contributed by atoms with Gasteiger partial charge in [0.05, 0.1) is 6.10 Å². The molecule has 1 unspecified atom stereocenters. The van der Waals surface area contributed by atoms with Crippen molar-refractivity contribution in [3.8, 4) is 24.2 Å². The summed E-state index contributed by atoms with van der Waals surface area (Å²) in [6.45, 7) is 5.71. The Bertz CT molecular complexity index is 876. The van der Waals surface area contributed by atoms with Gasteiger partial charge in [0.15, 0.2) is 0 Å². The minimum atomic E-state index is -0.841. The number of amides is 1. The fourth-order valence-corrected chi connectivity index (χ4v) is 3.10. The highest BCUT2D eigenvalue weighted by Gasteiger charge is 2.32. The first-order valence-electron chi connectivity index (χ1n) is 11.1. The summed E-state index contributed by atoms with van der Waals surface area (Å²) in [5.41, 5.74) is -0.595. The Morgan fingerprint density at radius 2 is 1.81 bits per heavy atom. The fourth-order valence-electron chi connectivity index (χ4n) is 3.10. The summed E-state index contributed by atoms with van der Waals surface area (Å²) in [6, 6.07) is 7.31. The number of hydrogen-bond acceptors (Lipinski definition) is 5. The third kappa shape index (κ3) is 8.55. The summed E-state index contributed by atoms with van der Waals surface area (Å²) in [6.07, 6.45) is 9.27. The minimum absolute atomic E-state index is 0.311. The second-order valence-corrected chi connectivity index (χ2v) is 9.52. The number of rotatable bonds is 4. The van der Waals surface area contributed by atoms with Gasteiger partial charge in [0.2, 0.25) is 0 Å². The van der Waals surface area contributed by atoms with Crippen molar-refractivity contribution in [3.05, 3.63) is 35.4 Å². The van der Waals surface area contributed by atoms with Crippen LogP contribution in [0.5, 0.6) is 0 Å². The van der Waals surface area contributed by atoms with E-state index in [2.05, 4.69) is 23.1 Å². The first-order valence-corrected chi connectivity index (χ1v) is 11.1. The molecule has 1 aromatic rings. The smallest absolute Gasteiger partial charge is 0.407 e. The Morgan fingerprint density at radius 1 is 1.19 bits per heavy atom. The molecule has 0 bridgehead atoms. The number of benzene rings is 1. The quantitative estimate of drug-likeness (QED) is 0.537. The van der Waals surface area contributed by atoms with Crippen LogP contribution in [0.4, 0.5) is 4.79 Å². The molecule has 1 atom stereocenters. The van der Waals surface area contributed by atoms with Crippen molar-refractivity contribution < 1.29 is 24.9 Å². The molecule has 2 aliphatic carbocycles. The van der Waals surface area contributed by atoms with E-state index in [0.717, 1.165) is 49.7 Å². The number of terminal acetylenes is 1. The summed E-state index contributed by atoms with van der Waals surface area (Å²) < 4.78 is 5.15. The summed E-state index contributed by atoms with van der Waals surface area (Å²) >= 11 is 0. The minimum Gasteiger partial charge on any atom is -0.444 e. The van der Waals surface area contributed by atoms with Crippen molar-refractivity contribution >= 4 is 6.09 Å². The van der Waals surface area contributed by atoms with E-state index in [1.54, 1.807) is 20.8 Å². The fraction of sp³-hybridized carbons (Fsp3) is 0.577. The molecule has 2 aliphatic rings. The Labute approximate surface area is 191 Å². The molecule has 0 saturated heterocycles. The summed E-state index contributed by atoms with van der Waals surface area (Å²) in [7, 11) is 0. The van der Waals surface area contributed by atoms with Crippen LogP contribution in [0, 0.1) is 24.2 Å². The van der Waals surface area contributed by atoms with Crippen molar-refractivity contribution in [2.75, 3.05) is 6.54 Å². The summed E-state index contributed by atoms with van der Waals surface area (Å²) in [5, 5.41) is 31.9. The van der Waals surface area contributed by atoms with Gasteiger partial charge in [0.1, 0.15) is 16.8 Å². The lowest BCUT2D eigenvalue weighted by molar-refractivity contribution is 0.0236. The lowest BCUT2D eigenvalue weighted by Gasteiger charge is -2.30. The van der Waals surface area contributed by atoms with E-state index in [-0.39, 0.29) is 0 Å². The topological polar surface area (TPSA) is 99.0 Å². The molecule has 0 heterocycles. The van der Waals surface area contributed by atoms with Gasteiger partial charge in [-0.05, 0) is 83.4 Å². The van der Waals surface area contributed by atoms with E-state index in [9.17, 15) is 15.0 Å². The molecule has 2 saturated carbocycles. The van der Waals surface area contributed by atoms with Crippen molar-refractivity contribution in [2.45, 2.75) is 88.6 Å². The van der Waals surface area contributed by atoms with Gasteiger partial charge in [-0.3, -0.25) is 0 Å². The van der Waals surface area contributed by atoms with E-state index in [1.807, 2.05) is 24.3 Å². The van der Waals surface area contributed by atoms with Crippen molar-refractivity contribution in [2.24, 2.45) is 0 Å². The highest BCUT2D eigenvalue weighted by Crippen LogP contribution is 2.31. The Morgan fingerprint density at radius 3 is 2.28 bits per heavy atom. The van der Waals surface area contributed by atoms with Crippen LogP contribution in [0.3, 0.4) is 0 Å². The van der Waals surface area contributed by atoms with Crippen LogP contribution in [-0.2, 0) is 4.74 Å². The third-order valence-corrected chi connectivity index (χ3v) is 5.43. The average molecular weight is 442 g/mol. The number of aliphatic hydroxyl groups excluding tert-OH is 1. The van der Waals surface area contributed by atoms with Crippen LogP contribution < -0.4 is 5.32 Å². The number of carbonyl (C=O) groups is 1. The summed E-state index contributed by atoms with van der Waals surface area (Å²) in [4.78, 5) is 11.6. The molecule has 32 heavy (non-hydrogen) atoms. The number of aliphatic hydroxyl groups is 3. The second-order valence-electron chi connectivity index (χ2n) is 9.52. The van der Waals surface area contributed by atoms with Crippen LogP contribution in [0.1, 0.15) is 82.9 Å². The maximum atomic E-state index is 11.6. The second kappa shape index (κ2) is 10.9. The van der Waals surface area contributed by atoms with Gasteiger partial charge in [-0.25, -0.2) is 4.79 Å². The zero-order valence-corrected chi connectivity index (χ0v) is 19.3. The van der Waals surface area contributed by atoms with E-state index >= 15 is 0 Å². The number of alkyl carbamates (subject to hydrolysis) is 1. The van der Waals surface area contributed by atoms with Gasteiger partial charge in [0, 0.05) is 12.1 Å². The highest BCUT2D eigenvalue weighted by atomic mass is 16.6.